The molecule has 0 saturated carbocycles. The van der Waals surface area contributed by atoms with E-state index in [0.717, 1.165) is 0 Å². The Labute approximate surface area is 157 Å². The lowest BCUT2D eigenvalue weighted by Gasteiger charge is -2.20. The highest BCUT2D eigenvalue weighted by Crippen LogP contribution is 2.21. The molecular formula is C20H24FN3O3. The van der Waals surface area contributed by atoms with Crippen LogP contribution in [0.2, 0.25) is 0 Å². The van der Waals surface area contributed by atoms with E-state index in [1.807, 2.05) is 18.0 Å². The molecule has 0 aliphatic carbocycles. The molecule has 1 aromatic carbocycles. The summed E-state index contributed by atoms with van der Waals surface area (Å²) >= 11 is 0. The van der Waals surface area contributed by atoms with Crippen molar-refractivity contribution in [2.24, 2.45) is 5.92 Å². The van der Waals surface area contributed by atoms with Gasteiger partial charge in [-0.1, -0.05) is 12.1 Å². The second-order valence-corrected chi connectivity index (χ2v) is 6.77. The Bertz CT molecular complexity index is 779. The van der Waals surface area contributed by atoms with Crippen molar-refractivity contribution < 1.29 is 18.4 Å². The molecule has 1 unspecified atom stereocenters. The van der Waals surface area contributed by atoms with Crippen molar-refractivity contribution in [1.82, 2.24) is 10.2 Å². The first-order valence-electron chi connectivity index (χ1n) is 9.08. The van der Waals surface area contributed by atoms with Gasteiger partial charge in [0.15, 0.2) is 0 Å². The summed E-state index contributed by atoms with van der Waals surface area (Å²) in [6.07, 6.45) is 2.48. The highest BCUT2D eigenvalue weighted by atomic mass is 19.1. The van der Waals surface area contributed by atoms with Crippen LogP contribution in [0.25, 0.3) is 0 Å². The molecular weight excluding hydrogens is 349 g/mol. The Morgan fingerprint density at radius 1 is 1.33 bits per heavy atom. The topological polar surface area (TPSA) is 65.8 Å². The summed E-state index contributed by atoms with van der Waals surface area (Å²) < 4.78 is 19.0. The minimum Gasteiger partial charge on any atom is -0.467 e. The molecule has 3 rings (SSSR count). The Balaban J connectivity index is 1.39. The normalized spacial score (nSPS) is 16.6. The molecule has 0 bridgehead atoms. The van der Waals surface area contributed by atoms with Crippen LogP contribution < -0.4 is 10.2 Å². The van der Waals surface area contributed by atoms with Gasteiger partial charge in [0.2, 0.25) is 11.8 Å². The molecule has 1 saturated heterocycles. The number of furan rings is 1. The second-order valence-electron chi connectivity index (χ2n) is 6.77. The molecule has 1 aliphatic rings. The van der Waals surface area contributed by atoms with Crippen molar-refractivity contribution in [3.05, 3.63) is 54.2 Å². The van der Waals surface area contributed by atoms with E-state index in [2.05, 4.69) is 5.32 Å². The molecule has 144 valence electrons. The van der Waals surface area contributed by atoms with Crippen molar-refractivity contribution in [3.8, 4) is 0 Å². The predicted octanol–water partition coefficient (Wildman–Crippen LogP) is 2.41. The Hall–Kier alpha value is -2.83. The van der Waals surface area contributed by atoms with Gasteiger partial charge in [-0.3, -0.25) is 9.59 Å². The summed E-state index contributed by atoms with van der Waals surface area (Å²) in [5.74, 6) is -0.0350. The molecule has 2 aromatic rings. The molecule has 1 aromatic heterocycles. The minimum atomic E-state index is -0.336. The number of hydrogen-bond acceptors (Lipinski definition) is 4. The number of nitrogens with one attached hydrogen (secondary N) is 1. The number of carbonyl (C=O) groups excluding carboxylic acids is 2. The van der Waals surface area contributed by atoms with Crippen LogP contribution in [0.5, 0.6) is 0 Å². The van der Waals surface area contributed by atoms with Gasteiger partial charge in [0.1, 0.15) is 11.6 Å². The van der Waals surface area contributed by atoms with E-state index in [9.17, 15) is 14.0 Å². The Kier molecular flexibility index (Phi) is 6.11. The molecule has 2 amide bonds. The van der Waals surface area contributed by atoms with Crippen LogP contribution in [-0.4, -0.2) is 43.4 Å². The lowest BCUT2D eigenvalue weighted by Crippen LogP contribution is -2.34. The lowest BCUT2D eigenvalue weighted by molar-refractivity contribution is -0.129. The first kappa shape index (κ1) is 18.9. The van der Waals surface area contributed by atoms with Crippen molar-refractivity contribution in [1.29, 1.82) is 0 Å². The number of amides is 2. The van der Waals surface area contributed by atoms with Crippen LogP contribution in [0.3, 0.4) is 0 Å². The summed E-state index contributed by atoms with van der Waals surface area (Å²) in [5.41, 5.74) is 0.541. The number of hydrogen-bond donors (Lipinski definition) is 1. The summed E-state index contributed by atoms with van der Waals surface area (Å²) in [4.78, 5) is 27.9. The maximum Gasteiger partial charge on any atom is 0.225 e. The fourth-order valence-electron chi connectivity index (χ4n) is 3.25. The van der Waals surface area contributed by atoms with Crippen LogP contribution in [-0.2, 0) is 16.1 Å². The van der Waals surface area contributed by atoms with Crippen LogP contribution in [0.15, 0.2) is 47.1 Å². The van der Waals surface area contributed by atoms with E-state index >= 15 is 0 Å². The molecule has 0 spiro atoms. The molecule has 6 nitrogen and oxygen atoms in total. The second kappa shape index (κ2) is 8.70. The van der Waals surface area contributed by atoms with Gasteiger partial charge in [-0.15, -0.1) is 0 Å². The van der Waals surface area contributed by atoms with Crippen molar-refractivity contribution in [2.45, 2.75) is 19.4 Å². The number of rotatable bonds is 8. The Morgan fingerprint density at radius 3 is 2.89 bits per heavy atom. The largest absolute Gasteiger partial charge is 0.467 e. The fraction of sp³-hybridized carbons (Fsp3) is 0.400. The van der Waals surface area contributed by atoms with Crippen LogP contribution >= 0.6 is 0 Å². The quantitative estimate of drug-likeness (QED) is 0.722. The summed E-state index contributed by atoms with van der Waals surface area (Å²) in [6, 6.07) is 10.2. The summed E-state index contributed by atoms with van der Waals surface area (Å²) in [6.45, 7) is 1.90. The molecule has 7 heteroatoms. The minimum absolute atomic E-state index is 0.0363. The van der Waals surface area contributed by atoms with E-state index in [1.54, 1.807) is 35.4 Å². The zero-order valence-electron chi connectivity index (χ0n) is 15.4. The van der Waals surface area contributed by atoms with E-state index in [-0.39, 0.29) is 30.0 Å². The number of halogens is 1. The number of likely N-dealkylation sites (tertiary alicyclic amines) is 1. The summed E-state index contributed by atoms with van der Waals surface area (Å²) in [5, 5.41) is 2.88. The van der Waals surface area contributed by atoms with Gasteiger partial charge in [0.25, 0.3) is 0 Å². The van der Waals surface area contributed by atoms with E-state index in [0.29, 0.717) is 44.0 Å². The third-order valence-corrected chi connectivity index (χ3v) is 4.75. The maximum absolute atomic E-state index is 13.7. The van der Waals surface area contributed by atoms with Gasteiger partial charge in [-0.25, -0.2) is 4.39 Å². The van der Waals surface area contributed by atoms with Crippen LogP contribution in [0.1, 0.15) is 18.6 Å². The molecule has 1 aliphatic heterocycles. The summed E-state index contributed by atoms with van der Waals surface area (Å²) in [7, 11) is 1.82. The van der Waals surface area contributed by atoms with Gasteiger partial charge < -0.3 is 19.5 Å². The van der Waals surface area contributed by atoms with Crippen LogP contribution in [0.4, 0.5) is 10.1 Å². The molecule has 0 radical (unpaired) electrons. The lowest BCUT2D eigenvalue weighted by atomic mass is 10.1. The van der Waals surface area contributed by atoms with Crippen molar-refractivity contribution in [3.63, 3.8) is 0 Å². The average Bonchev–Trinajstić information content (AvgIpc) is 3.29. The van der Waals surface area contributed by atoms with E-state index < -0.39 is 0 Å². The zero-order valence-corrected chi connectivity index (χ0v) is 15.4. The third-order valence-electron chi connectivity index (χ3n) is 4.75. The van der Waals surface area contributed by atoms with E-state index in [4.69, 9.17) is 4.42 Å². The van der Waals surface area contributed by atoms with Crippen LogP contribution in [0, 0.1) is 11.7 Å². The van der Waals surface area contributed by atoms with Crippen molar-refractivity contribution >= 4 is 17.5 Å². The van der Waals surface area contributed by atoms with Gasteiger partial charge in [-0.05, 0) is 30.7 Å². The standard InChI is InChI=1S/C20H24FN3O3/c1-23(18-8-3-2-7-17(18)21)10-5-9-22-20(26)15-12-19(25)24(13-15)14-16-6-4-11-27-16/h2-4,6-8,11,15H,5,9-10,12-14H2,1H3,(H,22,26). The van der Waals surface area contributed by atoms with Gasteiger partial charge in [0, 0.05) is 33.1 Å². The third kappa shape index (κ3) is 4.87. The molecule has 1 atom stereocenters. The van der Waals surface area contributed by atoms with E-state index in [1.165, 1.54) is 6.07 Å². The molecule has 27 heavy (non-hydrogen) atoms. The number of benzene rings is 1. The number of para-hydroxylation sites is 1. The first-order chi connectivity index (χ1) is 13.0. The number of carbonyl (C=O) groups is 2. The molecule has 1 N–H and O–H groups in total. The van der Waals surface area contributed by atoms with Gasteiger partial charge in [0.05, 0.1) is 24.4 Å². The average molecular weight is 373 g/mol. The molecule has 2 heterocycles. The smallest absolute Gasteiger partial charge is 0.225 e. The zero-order chi connectivity index (χ0) is 19.2. The molecule has 1 fully saturated rings. The monoisotopic (exact) mass is 373 g/mol. The number of anilines is 1. The number of nitrogens with zero attached hydrogens (tertiary/aromatic N) is 2. The SMILES string of the molecule is CN(CCCNC(=O)C1CC(=O)N(Cc2ccco2)C1)c1ccccc1F. The Morgan fingerprint density at radius 2 is 2.15 bits per heavy atom. The van der Waals surface area contributed by atoms with Crippen molar-refractivity contribution in [2.75, 3.05) is 31.6 Å². The first-order valence-corrected chi connectivity index (χ1v) is 9.08. The predicted molar refractivity (Wildman–Crippen MR) is 99.5 cm³/mol. The van der Waals surface area contributed by atoms with Gasteiger partial charge >= 0.3 is 0 Å². The fourth-order valence-corrected chi connectivity index (χ4v) is 3.25. The maximum atomic E-state index is 13.7. The highest BCUT2D eigenvalue weighted by molar-refractivity contribution is 5.89. The van der Waals surface area contributed by atoms with Gasteiger partial charge in [-0.2, -0.15) is 0 Å². The highest BCUT2D eigenvalue weighted by Gasteiger charge is 2.34.